The summed E-state index contributed by atoms with van der Waals surface area (Å²) in [5.41, 5.74) is 5.69. The van der Waals surface area contributed by atoms with Crippen molar-refractivity contribution in [2.45, 2.75) is 32.7 Å². The van der Waals surface area contributed by atoms with Crippen LogP contribution in [0.15, 0.2) is 24.4 Å². The predicted octanol–water partition coefficient (Wildman–Crippen LogP) is 3.29. The number of amides is 1. The molecule has 0 aliphatic rings. The van der Waals surface area contributed by atoms with Gasteiger partial charge in [0, 0.05) is 22.2 Å². The average molecular weight is 307 g/mol. The molecule has 0 saturated heterocycles. The van der Waals surface area contributed by atoms with E-state index in [1.807, 2.05) is 6.20 Å². The third-order valence-corrected chi connectivity index (χ3v) is 4.32. The molecule has 0 saturated carbocycles. The number of halogens is 1. The number of carbonyl (C=O) groups excluding carboxylic acids is 1. The predicted molar refractivity (Wildman–Crippen MR) is 83.1 cm³/mol. The molecule has 1 heterocycles. The molecule has 3 N–H and O–H groups in total. The summed E-state index contributed by atoms with van der Waals surface area (Å²) in [5, 5.41) is 4.21. The Morgan fingerprint density at radius 3 is 2.71 bits per heavy atom. The molecule has 0 unspecified atom stereocenters. The SMILES string of the molecule is CC(C)(C)c1ncc(CNc2ccc(F)c(C(N)=O)c2)s1. The van der Waals surface area contributed by atoms with E-state index in [1.54, 1.807) is 17.4 Å². The van der Waals surface area contributed by atoms with Crippen molar-refractivity contribution in [3.8, 4) is 0 Å². The molecular weight excluding hydrogens is 289 g/mol. The average Bonchev–Trinajstić information content (AvgIpc) is 2.86. The lowest BCUT2D eigenvalue weighted by molar-refractivity contribution is 0.0996. The van der Waals surface area contributed by atoms with Crippen LogP contribution in [0.1, 0.15) is 41.0 Å². The fourth-order valence-electron chi connectivity index (χ4n) is 1.75. The number of benzene rings is 1. The number of thiazole rings is 1. The highest BCUT2D eigenvalue weighted by molar-refractivity contribution is 7.11. The highest BCUT2D eigenvalue weighted by Gasteiger charge is 2.17. The van der Waals surface area contributed by atoms with Gasteiger partial charge in [0.15, 0.2) is 0 Å². The van der Waals surface area contributed by atoms with Crippen molar-refractivity contribution >= 4 is 22.9 Å². The molecule has 2 rings (SSSR count). The fourth-order valence-corrected chi connectivity index (χ4v) is 2.66. The monoisotopic (exact) mass is 307 g/mol. The van der Waals surface area contributed by atoms with Gasteiger partial charge in [0.1, 0.15) is 5.82 Å². The van der Waals surface area contributed by atoms with Crippen molar-refractivity contribution in [1.29, 1.82) is 0 Å². The summed E-state index contributed by atoms with van der Waals surface area (Å²) in [6.45, 7) is 6.91. The number of carbonyl (C=O) groups is 1. The van der Waals surface area contributed by atoms with Crippen molar-refractivity contribution in [2.24, 2.45) is 5.73 Å². The maximum atomic E-state index is 13.4. The summed E-state index contributed by atoms with van der Waals surface area (Å²) in [7, 11) is 0. The van der Waals surface area contributed by atoms with Crippen LogP contribution in [-0.2, 0) is 12.0 Å². The molecule has 0 aliphatic heterocycles. The van der Waals surface area contributed by atoms with Crippen LogP contribution >= 0.6 is 11.3 Å². The number of hydrogen-bond donors (Lipinski definition) is 2. The van der Waals surface area contributed by atoms with E-state index in [1.165, 1.54) is 12.1 Å². The summed E-state index contributed by atoms with van der Waals surface area (Å²) < 4.78 is 13.4. The number of rotatable bonds is 4. The van der Waals surface area contributed by atoms with E-state index in [9.17, 15) is 9.18 Å². The van der Waals surface area contributed by atoms with E-state index in [0.717, 1.165) is 9.88 Å². The number of nitrogens with two attached hydrogens (primary N) is 1. The standard InChI is InChI=1S/C15H18FN3OS/c1-15(2,3)14-19-8-10(21-14)7-18-9-4-5-12(16)11(6-9)13(17)20/h4-6,8,18H,7H2,1-3H3,(H2,17,20). The van der Waals surface area contributed by atoms with Gasteiger partial charge in [0.25, 0.3) is 5.91 Å². The Morgan fingerprint density at radius 2 is 2.14 bits per heavy atom. The first-order valence-electron chi connectivity index (χ1n) is 6.56. The molecule has 112 valence electrons. The molecule has 1 aromatic carbocycles. The minimum atomic E-state index is -0.774. The molecule has 6 heteroatoms. The van der Waals surface area contributed by atoms with Crippen LogP contribution in [-0.4, -0.2) is 10.9 Å². The molecule has 2 aromatic rings. The van der Waals surface area contributed by atoms with Gasteiger partial charge in [-0.1, -0.05) is 20.8 Å². The summed E-state index contributed by atoms with van der Waals surface area (Å²) >= 11 is 1.63. The van der Waals surface area contributed by atoms with Crippen molar-refractivity contribution in [2.75, 3.05) is 5.32 Å². The van der Waals surface area contributed by atoms with Gasteiger partial charge in [-0.25, -0.2) is 9.37 Å². The minimum Gasteiger partial charge on any atom is -0.380 e. The molecule has 0 radical (unpaired) electrons. The zero-order valence-electron chi connectivity index (χ0n) is 12.2. The molecule has 0 bridgehead atoms. The second-order valence-corrected chi connectivity index (χ2v) is 6.91. The van der Waals surface area contributed by atoms with Crippen LogP contribution in [0.3, 0.4) is 0 Å². The number of nitrogens with one attached hydrogen (secondary N) is 1. The maximum absolute atomic E-state index is 13.4. The Hall–Kier alpha value is -1.95. The first kappa shape index (κ1) is 15.4. The summed E-state index contributed by atoms with van der Waals surface area (Å²) in [6.07, 6.45) is 1.83. The van der Waals surface area contributed by atoms with Crippen LogP contribution in [0.5, 0.6) is 0 Å². The van der Waals surface area contributed by atoms with Gasteiger partial charge in [-0.05, 0) is 18.2 Å². The Morgan fingerprint density at radius 1 is 1.43 bits per heavy atom. The van der Waals surface area contributed by atoms with E-state index in [-0.39, 0.29) is 11.0 Å². The van der Waals surface area contributed by atoms with E-state index in [4.69, 9.17) is 5.73 Å². The van der Waals surface area contributed by atoms with Crippen LogP contribution in [0.2, 0.25) is 0 Å². The third kappa shape index (κ3) is 3.78. The highest BCUT2D eigenvalue weighted by atomic mass is 32.1. The first-order valence-corrected chi connectivity index (χ1v) is 7.37. The van der Waals surface area contributed by atoms with Crippen LogP contribution in [0, 0.1) is 5.82 Å². The number of primary amides is 1. The van der Waals surface area contributed by atoms with Gasteiger partial charge in [0.2, 0.25) is 0 Å². The number of anilines is 1. The third-order valence-electron chi connectivity index (χ3n) is 2.89. The van der Waals surface area contributed by atoms with E-state index >= 15 is 0 Å². The normalized spacial score (nSPS) is 11.4. The smallest absolute Gasteiger partial charge is 0.251 e. The Kier molecular flexibility index (Phi) is 4.27. The number of hydrogen-bond acceptors (Lipinski definition) is 4. The molecule has 21 heavy (non-hydrogen) atoms. The second kappa shape index (κ2) is 5.81. The molecule has 4 nitrogen and oxygen atoms in total. The molecule has 0 fully saturated rings. The molecular formula is C15H18FN3OS. The van der Waals surface area contributed by atoms with Gasteiger partial charge >= 0.3 is 0 Å². The zero-order chi connectivity index (χ0) is 15.6. The largest absolute Gasteiger partial charge is 0.380 e. The van der Waals surface area contributed by atoms with Gasteiger partial charge in [-0.3, -0.25) is 4.79 Å². The summed E-state index contributed by atoms with van der Waals surface area (Å²) in [4.78, 5) is 16.6. The van der Waals surface area contributed by atoms with Crippen LogP contribution in [0.4, 0.5) is 10.1 Å². The van der Waals surface area contributed by atoms with Gasteiger partial charge < -0.3 is 11.1 Å². The molecule has 0 aliphatic carbocycles. The molecule has 1 aromatic heterocycles. The number of aromatic nitrogens is 1. The van der Waals surface area contributed by atoms with Crippen molar-refractivity contribution in [3.05, 3.63) is 45.7 Å². The maximum Gasteiger partial charge on any atom is 0.251 e. The van der Waals surface area contributed by atoms with E-state index in [2.05, 4.69) is 31.1 Å². The van der Waals surface area contributed by atoms with Crippen molar-refractivity contribution in [3.63, 3.8) is 0 Å². The lowest BCUT2D eigenvalue weighted by atomic mass is 9.98. The van der Waals surface area contributed by atoms with Gasteiger partial charge in [-0.15, -0.1) is 11.3 Å². The lowest BCUT2D eigenvalue weighted by Crippen LogP contribution is -2.13. The number of nitrogens with zero attached hydrogens (tertiary/aromatic N) is 1. The van der Waals surface area contributed by atoms with Crippen LogP contribution < -0.4 is 11.1 Å². The van der Waals surface area contributed by atoms with Crippen LogP contribution in [0.25, 0.3) is 0 Å². The summed E-state index contributed by atoms with van der Waals surface area (Å²) in [6, 6.07) is 4.23. The quantitative estimate of drug-likeness (QED) is 0.910. The Labute approximate surface area is 127 Å². The molecule has 0 atom stereocenters. The Bertz CT molecular complexity index is 661. The van der Waals surface area contributed by atoms with Crippen molar-refractivity contribution < 1.29 is 9.18 Å². The molecule has 1 amide bonds. The van der Waals surface area contributed by atoms with Crippen molar-refractivity contribution in [1.82, 2.24) is 4.98 Å². The summed E-state index contributed by atoms with van der Waals surface area (Å²) in [5.74, 6) is -1.38. The zero-order valence-corrected chi connectivity index (χ0v) is 13.1. The highest BCUT2D eigenvalue weighted by Crippen LogP contribution is 2.27. The van der Waals surface area contributed by atoms with E-state index in [0.29, 0.717) is 12.2 Å². The van der Waals surface area contributed by atoms with Gasteiger partial charge in [0.05, 0.1) is 17.1 Å². The second-order valence-electron chi connectivity index (χ2n) is 5.79. The molecule has 0 spiro atoms. The minimum absolute atomic E-state index is 0.0257. The lowest BCUT2D eigenvalue weighted by Gasteiger charge is -2.13. The Balaban J connectivity index is 2.08. The first-order chi connectivity index (χ1) is 9.77. The van der Waals surface area contributed by atoms with Gasteiger partial charge in [-0.2, -0.15) is 0 Å². The van der Waals surface area contributed by atoms with E-state index < -0.39 is 11.7 Å². The topological polar surface area (TPSA) is 68.0 Å². The fraction of sp³-hybridized carbons (Fsp3) is 0.333.